The zero-order chi connectivity index (χ0) is 21.3. The van der Waals surface area contributed by atoms with Crippen molar-refractivity contribution in [2.45, 2.75) is 103 Å². The van der Waals surface area contributed by atoms with Gasteiger partial charge in [0.2, 0.25) is 8.87 Å². The van der Waals surface area contributed by atoms with Gasteiger partial charge in [-0.2, -0.15) is 0 Å². The highest BCUT2D eigenvalue weighted by Crippen LogP contribution is 2.28. The number of hydrogen-bond donors (Lipinski definition) is 2. The van der Waals surface area contributed by atoms with Crippen LogP contribution in [0.3, 0.4) is 0 Å². The van der Waals surface area contributed by atoms with Gasteiger partial charge in [-0.25, -0.2) is 8.42 Å². The van der Waals surface area contributed by atoms with Crippen LogP contribution in [0, 0.1) is 11.8 Å². The first-order valence-corrected chi connectivity index (χ1v) is 16.1. The molecule has 0 aliphatic heterocycles. The fourth-order valence-electron chi connectivity index (χ4n) is 5.06. The van der Waals surface area contributed by atoms with Crippen LogP contribution in [0.15, 0.2) is 0 Å². The van der Waals surface area contributed by atoms with Crippen LogP contribution in [0.1, 0.15) is 103 Å². The van der Waals surface area contributed by atoms with E-state index in [1.54, 1.807) is 0 Å². The Labute approximate surface area is 190 Å². The molecule has 0 radical (unpaired) electrons. The van der Waals surface area contributed by atoms with Crippen molar-refractivity contribution in [1.29, 1.82) is 0 Å². The Balaban J connectivity index is 1.33. The monoisotopic (exact) mass is 460 g/mol. The summed E-state index contributed by atoms with van der Waals surface area (Å²) in [5.74, 6) is 2.85. The maximum absolute atomic E-state index is 12.1. The highest BCUT2D eigenvalue weighted by molar-refractivity contribution is 8.72. The molecule has 178 valence electrons. The lowest BCUT2D eigenvalue weighted by molar-refractivity contribution is 0.329. The fourth-order valence-corrected chi connectivity index (χ4v) is 7.67. The average molecular weight is 461 g/mol. The minimum Gasteiger partial charge on any atom is -0.316 e. The number of nitrogens with one attached hydrogen (secondary N) is 2. The van der Waals surface area contributed by atoms with E-state index in [4.69, 9.17) is 0 Å². The van der Waals surface area contributed by atoms with Gasteiger partial charge in [-0.1, -0.05) is 89.9 Å². The third-order valence-corrected chi connectivity index (χ3v) is 10.5. The second kappa shape index (κ2) is 16.8. The molecule has 0 aromatic heterocycles. The lowest BCUT2D eigenvalue weighted by Crippen LogP contribution is -2.24. The molecule has 2 N–H and O–H groups in total. The first-order chi connectivity index (χ1) is 14.7. The highest BCUT2D eigenvalue weighted by Gasteiger charge is 2.14. The minimum absolute atomic E-state index is 0.252. The predicted molar refractivity (Wildman–Crippen MR) is 133 cm³/mol. The molecular weight excluding hydrogens is 412 g/mol. The molecule has 0 unspecified atom stereocenters. The van der Waals surface area contributed by atoms with E-state index in [2.05, 4.69) is 10.6 Å². The summed E-state index contributed by atoms with van der Waals surface area (Å²) in [5, 5.41) is 6.73. The summed E-state index contributed by atoms with van der Waals surface area (Å²) in [5.41, 5.74) is 0. The standard InChI is InChI=1S/C24H48N2O2S2/c27-30(28,22-20-26-18-10-8-16-24-13-5-2-6-14-24)29-21-19-25-17-9-7-15-23-11-3-1-4-12-23/h23-26H,1-22H2. The summed E-state index contributed by atoms with van der Waals surface area (Å²) in [6.45, 7) is 3.36. The van der Waals surface area contributed by atoms with Crippen molar-refractivity contribution < 1.29 is 8.42 Å². The van der Waals surface area contributed by atoms with Gasteiger partial charge < -0.3 is 10.6 Å². The van der Waals surface area contributed by atoms with E-state index in [0.29, 0.717) is 12.3 Å². The molecule has 0 atom stereocenters. The summed E-state index contributed by atoms with van der Waals surface area (Å²) in [6, 6.07) is 0. The van der Waals surface area contributed by atoms with Crippen LogP contribution in [0.2, 0.25) is 0 Å². The molecule has 2 rings (SSSR count). The molecule has 0 aromatic rings. The van der Waals surface area contributed by atoms with Crippen LogP contribution in [0.4, 0.5) is 0 Å². The van der Waals surface area contributed by atoms with Crippen molar-refractivity contribution in [1.82, 2.24) is 10.6 Å². The minimum atomic E-state index is -2.99. The van der Waals surface area contributed by atoms with Crippen molar-refractivity contribution in [3.05, 3.63) is 0 Å². The topological polar surface area (TPSA) is 58.2 Å². The van der Waals surface area contributed by atoms with Crippen LogP contribution in [0.5, 0.6) is 0 Å². The molecule has 2 aliphatic carbocycles. The molecular formula is C24H48N2O2S2. The predicted octanol–water partition coefficient (Wildman–Crippen LogP) is 5.73. The van der Waals surface area contributed by atoms with E-state index in [9.17, 15) is 8.42 Å². The zero-order valence-corrected chi connectivity index (χ0v) is 21.0. The molecule has 0 saturated heterocycles. The maximum atomic E-state index is 12.1. The fraction of sp³-hybridized carbons (Fsp3) is 1.00. The van der Waals surface area contributed by atoms with E-state index >= 15 is 0 Å². The SMILES string of the molecule is O=S(=O)(CCNCCCCC1CCCCC1)SCCNCCCCC1CCCCC1. The first-order valence-electron chi connectivity index (χ1n) is 12.9. The maximum Gasteiger partial charge on any atom is 0.202 e. The highest BCUT2D eigenvalue weighted by atomic mass is 33.1. The third-order valence-electron chi connectivity index (χ3n) is 6.95. The first kappa shape index (κ1) is 26.5. The Kier molecular flexibility index (Phi) is 14.8. The van der Waals surface area contributed by atoms with E-state index < -0.39 is 8.87 Å². The van der Waals surface area contributed by atoms with Gasteiger partial charge in [0.1, 0.15) is 0 Å². The van der Waals surface area contributed by atoms with Gasteiger partial charge in [-0.15, -0.1) is 0 Å². The summed E-state index contributed by atoms with van der Waals surface area (Å²) >= 11 is 0. The third kappa shape index (κ3) is 13.6. The van der Waals surface area contributed by atoms with E-state index in [0.717, 1.165) is 42.3 Å². The number of unbranched alkanes of at least 4 members (excludes halogenated alkanes) is 2. The quantitative estimate of drug-likeness (QED) is 0.214. The van der Waals surface area contributed by atoms with E-state index in [-0.39, 0.29) is 5.75 Å². The lowest BCUT2D eigenvalue weighted by atomic mass is 9.86. The Hall–Kier alpha value is 0.220. The molecule has 2 aliphatic rings. The van der Waals surface area contributed by atoms with Crippen molar-refractivity contribution in [2.24, 2.45) is 11.8 Å². The molecule has 6 heteroatoms. The van der Waals surface area contributed by atoms with Gasteiger partial charge in [0, 0.05) is 18.8 Å². The second-order valence-corrected chi connectivity index (χ2v) is 14.0. The number of rotatable bonds is 17. The van der Waals surface area contributed by atoms with E-state index in [1.165, 1.54) is 103 Å². The molecule has 0 aromatic carbocycles. The Morgan fingerprint density at radius 1 is 0.633 bits per heavy atom. The average Bonchev–Trinajstić information content (AvgIpc) is 2.76. The number of hydrogen-bond acceptors (Lipinski definition) is 5. The molecule has 0 heterocycles. The summed E-state index contributed by atoms with van der Waals surface area (Å²) < 4.78 is 24.3. The molecule has 2 saturated carbocycles. The molecule has 4 nitrogen and oxygen atoms in total. The lowest BCUT2D eigenvalue weighted by Gasteiger charge is -2.21. The molecule has 2 fully saturated rings. The van der Waals surface area contributed by atoms with E-state index in [1.807, 2.05) is 0 Å². The largest absolute Gasteiger partial charge is 0.316 e. The van der Waals surface area contributed by atoms with Gasteiger partial charge >= 0.3 is 0 Å². The van der Waals surface area contributed by atoms with Crippen LogP contribution >= 0.6 is 10.8 Å². The van der Waals surface area contributed by atoms with Crippen molar-refractivity contribution in [2.75, 3.05) is 37.7 Å². The van der Waals surface area contributed by atoms with Crippen molar-refractivity contribution >= 4 is 19.7 Å². The van der Waals surface area contributed by atoms with Gasteiger partial charge in [-0.3, -0.25) is 0 Å². The van der Waals surface area contributed by atoms with Crippen molar-refractivity contribution in [3.63, 3.8) is 0 Å². The van der Waals surface area contributed by atoms with Crippen LogP contribution < -0.4 is 10.6 Å². The van der Waals surface area contributed by atoms with Crippen LogP contribution in [-0.2, 0) is 8.87 Å². The van der Waals surface area contributed by atoms with Gasteiger partial charge in [0.15, 0.2) is 0 Å². The Morgan fingerprint density at radius 3 is 1.67 bits per heavy atom. The molecule has 0 amide bonds. The molecule has 0 spiro atoms. The smallest absolute Gasteiger partial charge is 0.202 e. The van der Waals surface area contributed by atoms with Gasteiger partial charge in [-0.05, 0) is 48.6 Å². The van der Waals surface area contributed by atoms with Crippen molar-refractivity contribution in [3.8, 4) is 0 Å². The van der Waals surface area contributed by atoms with Crippen LogP contribution in [-0.4, -0.2) is 46.1 Å². The zero-order valence-electron chi connectivity index (χ0n) is 19.3. The normalized spacial score (nSPS) is 19.3. The molecule has 0 bridgehead atoms. The second-order valence-electron chi connectivity index (χ2n) is 9.58. The van der Waals surface area contributed by atoms with Gasteiger partial charge in [0.25, 0.3) is 0 Å². The summed E-state index contributed by atoms with van der Waals surface area (Å²) in [4.78, 5) is 0. The Bertz CT molecular complexity index is 501. The summed E-state index contributed by atoms with van der Waals surface area (Å²) in [6.07, 6.45) is 22.1. The van der Waals surface area contributed by atoms with Crippen LogP contribution in [0.25, 0.3) is 0 Å². The Morgan fingerprint density at radius 2 is 1.13 bits per heavy atom. The molecule has 30 heavy (non-hydrogen) atoms. The van der Waals surface area contributed by atoms with Gasteiger partial charge in [0.05, 0.1) is 5.75 Å². The summed E-state index contributed by atoms with van der Waals surface area (Å²) in [7, 11) is -1.87.